The van der Waals surface area contributed by atoms with Crippen molar-refractivity contribution in [3.8, 4) is 0 Å². The van der Waals surface area contributed by atoms with Crippen molar-refractivity contribution in [2.45, 2.75) is 24.7 Å². The lowest BCUT2D eigenvalue weighted by Gasteiger charge is -2.28. The van der Waals surface area contributed by atoms with Crippen LogP contribution >= 0.6 is 0 Å². The van der Waals surface area contributed by atoms with E-state index in [-0.39, 0.29) is 10.8 Å². The first-order valence-electron chi connectivity index (χ1n) is 8.80. The van der Waals surface area contributed by atoms with Gasteiger partial charge in [0, 0.05) is 26.2 Å². The summed E-state index contributed by atoms with van der Waals surface area (Å²) in [4.78, 5) is 25.2. The first-order valence-corrected chi connectivity index (χ1v) is 10.3. The van der Waals surface area contributed by atoms with Crippen LogP contribution in [0.3, 0.4) is 0 Å². The first kappa shape index (κ1) is 18.3. The molecule has 4 rings (SSSR count). The first-order chi connectivity index (χ1) is 13.3. The number of nitrogens with one attached hydrogen (secondary N) is 1. The molecule has 0 saturated heterocycles. The number of hydrogen-bond donors (Lipinski definition) is 1. The van der Waals surface area contributed by atoms with E-state index >= 15 is 0 Å². The molecule has 0 atom stereocenters. The number of aromatic nitrogens is 1. The van der Waals surface area contributed by atoms with E-state index in [4.69, 9.17) is 4.42 Å². The predicted octanol–water partition coefficient (Wildman–Crippen LogP) is 2.23. The van der Waals surface area contributed by atoms with Crippen molar-refractivity contribution < 1.29 is 17.6 Å². The molecule has 2 heterocycles. The lowest BCUT2D eigenvalue weighted by Crippen LogP contribution is -2.33. The summed E-state index contributed by atoms with van der Waals surface area (Å²) >= 11 is 0. The van der Waals surface area contributed by atoms with Crippen molar-refractivity contribution in [2.24, 2.45) is 7.05 Å². The number of nitrogens with zero attached hydrogens (tertiary/aromatic N) is 2. The molecule has 28 heavy (non-hydrogen) atoms. The maximum atomic E-state index is 12.8. The second-order valence-corrected chi connectivity index (χ2v) is 8.46. The second-order valence-electron chi connectivity index (χ2n) is 6.78. The predicted molar refractivity (Wildman–Crippen MR) is 105 cm³/mol. The number of amides is 1. The van der Waals surface area contributed by atoms with Crippen molar-refractivity contribution in [1.29, 1.82) is 0 Å². The van der Waals surface area contributed by atoms with Crippen LogP contribution < -0.4 is 15.4 Å². The summed E-state index contributed by atoms with van der Waals surface area (Å²) in [6, 6.07) is 9.42. The Labute approximate surface area is 161 Å². The highest BCUT2D eigenvalue weighted by Gasteiger charge is 2.23. The summed E-state index contributed by atoms with van der Waals surface area (Å²) < 4.78 is 34.6. The average molecular weight is 401 g/mol. The number of hydrogen-bond acceptors (Lipinski definition) is 5. The number of oxazole rings is 1. The summed E-state index contributed by atoms with van der Waals surface area (Å²) in [5, 5.41) is 0. The van der Waals surface area contributed by atoms with Gasteiger partial charge in [0.15, 0.2) is 5.58 Å². The molecule has 3 aromatic rings. The molecule has 0 radical (unpaired) electrons. The maximum absolute atomic E-state index is 12.8. The van der Waals surface area contributed by atoms with Crippen molar-refractivity contribution in [2.75, 3.05) is 16.2 Å². The van der Waals surface area contributed by atoms with E-state index < -0.39 is 15.8 Å². The number of benzene rings is 2. The Morgan fingerprint density at radius 3 is 2.71 bits per heavy atom. The monoisotopic (exact) mass is 401 g/mol. The lowest BCUT2D eigenvalue weighted by molar-refractivity contribution is -0.116. The van der Waals surface area contributed by atoms with E-state index in [0.717, 1.165) is 17.7 Å². The van der Waals surface area contributed by atoms with E-state index in [9.17, 15) is 18.0 Å². The molecule has 0 spiro atoms. The van der Waals surface area contributed by atoms with Gasteiger partial charge in [-0.1, -0.05) is 0 Å². The molecule has 1 aliphatic rings. The quantitative estimate of drug-likeness (QED) is 0.725. The number of anilines is 2. The Kier molecular flexibility index (Phi) is 4.26. The minimum atomic E-state index is -3.83. The molecule has 8 nitrogen and oxygen atoms in total. The molecule has 2 aromatic carbocycles. The van der Waals surface area contributed by atoms with Crippen molar-refractivity contribution >= 4 is 38.4 Å². The van der Waals surface area contributed by atoms with Crippen LogP contribution in [-0.4, -0.2) is 25.4 Å². The summed E-state index contributed by atoms with van der Waals surface area (Å²) in [7, 11) is -2.28. The Morgan fingerprint density at radius 1 is 1.18 bits per heavy atom. The van der Waals surface area contributed by atoms with Crippen molar-refractivity contribution in [3.05, 3.63) is 52.5 Å². The van der Waals surface area contributed by atoms with Crippen molar-refractivity contribution in [1.82, 2.24) is 4.57 Å². The summed E-state index contributed by atoms with van der Waals surface area (Å²) in [5.74, 6) is -0.576. The Balaban J connectivity index is 1.68. The highest BCUT2D eigenvalue weighted by atomic mass is 32.2. The fourth-order valence-electron chi connectivity index (χ4n) is 3.47. The normalized spacial score (nSPS) is 14.1. The van der Waals surface area contributed by atoms with Crippen molar-refractivity contribution in [3.63, 3.8) is 0 Å². The molecule has 9 heteroatoms. The molecule has 1 N–H and O–H groups in total. The molecule has 0 unspecified atom stereocenters. The summed E-state index contributed by atoms with van der Waals surface area (Å²) in [6.45, 7) is 2.14. The Bertz CT molecular complexity index is 1260. The topological polar surface area (TPSA) is 102 Å². The standard InChI is InChI=1S/C19H19N3O5S/c1-12(23)22-9-3-4-13-10-15(6-7-16(13)22)28(25,26)20-14-5-8-18-17(11-14)21(2)19(24)27-18/h5-8,10-11,20H,3-4,9H2,1-2H3. The number of fused-ring (bicyclic) bond motifs is 2. The zero-order valence-electron chi connectivity index (χ0n) is 15.4. The molecule has 1 amide bonds. The van der Waals surface area contributed by atoms with E-state index in [1.165, 1.54) is 17.6 Å². The van der Waals surface area contributed by atoms with Gasteiger partial charge in [-0.25, -0.2) is 13.2 Å². The minimum absolute atomic E-state index is 0.0614. The zero-order valence-corrected chi connectivity index (χ0v) is 16.2. The maximum Gasteiger partial charge on any atom is 0.419 e. The van der Waals surface area contributed by atoms with E-state index in [1.807, 2.05) is 0 Å². The van der Waals surface area contributed by atoms with E-state index in [1.54, 1.807) is 42.3 Å². The van der Waals surface area contributed by atoms with Crippen LogP contribution in [0.4, 0.5) is 11.4 Å². The van der Waals surface area contributed by atoms with Crippen LogP contribution in [0.15, 0.2) is 50.5 Å². The molecular formula is C19H19N3O5S. The van der Waals surface area contributed by atoms with Gasteiger partial charge in [-0.3, -0.25) is 14.1 Å². The van der Waals surface area contributed by atoms with Gasteiger partial charge in [-0.05, 0) is 54.8 Å². The smallest absolute Gasteiger partial charge is 0.408 e. The van der Waals surface area contributed by atoms with Crippen LogP contribution in [-0.2, 0) is 28.3 Å². The summed E-state index contributed by atoms with van der Waals surface area (Å²) in [5.41, 5.74) is 2.79. The minimum Gasteiger partial charge on any atom is -0.408 e. The van der Waals surface area contributed by atoms with Crippen LogP contribution in [0.5, 0.6) is 0 Å². The lowest BCUT2D eigenvalue weighted by atomic mass is 10.0. The molecule has 0 bridgehead atoms. The van der Waals surface area contributed by atoms with Crippen LogP contribution in [0, 0.1) is 0 Å². The fraction of sp³-hybridized carbons (Fsp3) is 0.263. The Hall–Kier alpha value is -3.07. The van der Waals surface area contributed by atoms with Gasteiger partial charge >= 0.3 is 5.76 Å². The van der Waals surface area contributed by atoms with Gasteiger partial charge in [0.2, 0.25) is 5.91 Å². The third-order valence-electron chi connectivity index (χ3n) is 4.90. The molecular weight excluding hydrogens is 382 g/mol. The fourth-order valence-corrected chi connectivity index (χ4v) is 4.57. The third kappa shape index (κ3) is 3.07. The summed E-state index contributed by atoms with van der Waals surface area (Å²) in [6.07, 6.45) is 1.50. The zero-order chi connectivity index (χ0) is 20.1. The van der Waals surface area contributed by atoms with Gasteiger partial charge in [0.1, 0.15) is 0 Å². The SMILES string of the molecule is CC(=O)N1CCCc2cc(S(=O)(=O)Nc3ccc4oc(=O)n(C)c4c3)ccc21. The molecule has 1 aliphatic heterocycles. The van der Waals surface area contributed by atoms with Gasteiger partial charge in [-0.15, -0.1) is 0 Å². The average Bonchev–Trinajstić information content (AvgIpc) is 2.94. The third-order valence-corrected chi connectivity index (χ3v) is 6.28. The van der Waals surface area contributed by atoms with Crippen LogP contribution in [0.1, 0.15) is 18.9 Å². The molecule has 0 fully saturated rings. The van der Waals surface area contributed by atoms with Crippen LogP contribution in [0.2, 0.25) is 0 Å². The van der Waals surface area contributed by atoms with Crippen LogP contribution in [0.25, 0.3) is 11.1 Å². The highest BCUT2D eigenvalue weighted by molar-refractivity contribution is 7.92. The highest BCUT2D eigenvalue weighted by Crippen LogP contribution is 2.30. The van der Waals surface area contributed by atoms with E-state index in [2.05, 4.69) is 4.72 Å². The largest absolute Gasteiger partial charge is 0.419 e. The molecule has 146 valence electrons. The second kappa shape index (κ2) is 6.52. The van der Waals surface area contributed by atoms with Gasteiger partial charge in [0.25, 0.3) is 10.0 Å². The number of aryl methyl sites for hydroxylation is 2. The van der Waals surface area contributed by atoms with E-state index in [0.29, 0.717) is 29.8 Å². The van der Waals surface area contributed by atoms with Gasteiger partial charge in [-0.2, -0.15) is 0 Å². The number of rotatable bonds is 3. The number of carbonyl (C=O) groups is 1. The molecule has 1 aromatic heterocycles. The number of carbonyl (C=O) groups excluding carboxylic acids is 1. The number of sulfonamides is 1. The van der Waals surface area contributed by atoms with Gasteiger partial charge in [0.05, 0.1) is 16.1 Å². The molecule has 0 aliphatic carbocycles. The van der Waals surface area contributed by atoms with Gasteiger partial charge < -0.3 is 9.32 Å². The molecule has 0 saturated carbocycles. The Morgan fingerprint density at radius 2 is 1.96 bits per heavy atom.